The molecule has 1 fully saturated rings. The van der Waals surface area contributed by atoms with E-state index in [1.54, 1.807) is 18.3 Å². The predicted molar refractivity (Wildman–Crippen MR) is 139 cm³/mol. The minimum Gasteiger partial charge on any atom is -0.351 e. The minimum absolute atomic E-state index is 0.140. The molecule has 34 heavy (non-hydrogen) atoms. The number of hydrogen-bond acceptors (Lipinski definition) is 2. The van der Waals surface area contributed by atoms with E-state index in [9.17, 15) is 4.39 Å². The molecule has 4 nitrogen and oxygen atoms in total. The third-order valence-electron chi connectivity index (χ3n) is 6.46. The Balaban J connectivity index is 1.69. The van der Waals surface area contributed by atoms with Crippen LogP contribution in [-0.4, -0.2) is 14.7 Å². The highest BCUT2D eigenvalue weighted by Gasteiger charge is 2.42. The molecule has 1 aliphatic rings. The van der Waals surface area contributed by atoms with Crippen LogP contribution in [0.5, 0.6) is 0 Å². The molecule has 1 aliphatic heterocycles. The van der Waals surface area contributed by atoms with Gasteiger partial charge in [-0.15, -0.1) is 0 Å². The van der Waals surface area contributed by atoms with Crippen molar-refractivity contribution in [3.8, 4) is 5.69 Å². The van der Waals surface area contributed by atoms with Gasteiger partial charge in [0.05, 0.1) is 17.8 Å². The second-order valence-electron chi connectivity index (χ2n) is 8.98. The van der Waals surface area contributed by atoms with Gasteiger partial charge in [-0.2, -0.15) is 0 Å². The average molecular weight is 471 g/mol. The Kier molecular flexibility index (Phi) is 5.70. The number of anilines is 1. The SMILES string of the molecule is Cc1cc(C)cc(-n2c(C)cc([C@@H]3[C@H](c4ccccn4)NC(=S)N3c3ccc(F)cc3)c2C)c1. The smallest absolute Gasteiger partial charge is 0.174 e. The standard InChI is InChI=1S/C28H27FN4S/c1-17-13-18(2)15-23(14-17)32-19(3)16-24(20(32)4)27-26(25-7-5-6-12-30-25)31-28(34)33(27)22-10-8-21(29)9-11-22/h5-16,26-27H,1-4H3,(H,31,34)/t26-,27+/m0/s1. The molecule has 2 aromatic carbocycles. The highest BCUT2D eigenvalue weighted by atomic mass is 32.1. The van der Waals surface area contributed by atoms with E-state index in [4.69, 9.17) is 12.2 Å². The molecule has 2 aromatic heterocycles. The summed E-state index contributed by atoms with van der Waals surface area (Å²) in [4.78, 5) is 6.72. The summed E-state index contributed by atoms with van der Waals surface area (Å²) >= 11 is 5.81. The molecule has 5 rings (SSSR count). The van der Waals surface area contributed by atoms with Crippen LogP contribution >= 0.6 is 12.2 Å². The van der Waals surface area contributed by atoms with Crippen LogP contribution in [-0.2, 0) is 0 Å². The number of thiocarbonyl (C=S) groups is 1. The van der Waals surface area contributed by atoms with Crippen molar-refractivity contribution in [2.24, 2.45) is 0 Å². The maximum atomic E-state index is 13.7. The van der Waals surface area contributed by atoms with Gasteiger partial charge in [-0.05, 0) is 111 Å². The lowest BCUT2D eigenvalue weighted by Crippen LogP contribution is -2.29. The highest BCUT2D eigenvalue weighted by molar-refractivity contribution is 7.80. The van der Waals surface area contributed by atoms with E-state index in [2.05, 4.69) is 71.7 Å². The first kappa shape index (κ1) is 22.3. The number of nitrogens with one attached hydrogen (secondary N) is 1. The van der Waals surface area contributed by atoms with Gasteiger partial charge in [0.2, 0.25) is 0 Å². The van der Waals surface area contributed by atoms with Gasteiger partial charge in [-0.3, -0.25) is 4.98 Å². The lowest BCUT2D eigenvalue weighted by molar-refractivity contribution is 0.565. The minimum atomic E-state index is -0.271. The van der Waals surface area contributed by atoms with E-state index in [0.29, 0.717) is 5.11 Å². The van der Waals surface area contributed by atoms with Gasteiger partial charge in [0.25, 0.3) is 0 Å². The number of benzene rings is 2. The lowest BCUT2D eigenvalue weighted by atomic mass is 9.96. The van der Waals surface area contributed by atoms with Crippen molar-refractivity contribution >= 4 is 23.0 Å². The van der Waals surface area contributed by atoms with E-state index >= 15 is 0 Å². The zero-order valence-corrected chi connectivity index (χ0v) is 20.5. The summed E-state index contributed by atoms with van der Waals surface area (Å²) in [7, 11) is 0. The topological polar surface area (TPSA) is 33.1 Å². The van der Waals surface area contributed by atoms with Gasteiger partial charge in [-0.1, -0.05) is 12.1 Å². The van der Waals surface area contributed by atoms with Gasteiger partial charge in [0.1, 0.15) is 5.82 Å². The van der Waals surface area contributed by atoms with Crippen molar-refractivity contribution in [2.75, 3.05) is 4.90 Å². The number of halogens is 1. The maximum absolute atomic E-state index is 13.7. The third-order valence-corrected chi connectivity index (χ3v) is 6.77. The predicted octanol–water partition coefficient (Wildman–Crippen LogP) is 6.42. The fraction of sp³-hybridized carbons (Fsp3) is 0.214. The molecular formula is C28H27FN4S. The molecule has 4 aromatic rings. The van der Waals surface area contributed by atoms with Crippen LogP contribution in [0.15, 0.2) is 72.9 Å². The van der Waals surface area contributed by atoms with Crippen LogP contribution in [0.25, 0.3) is 5.69 Å². The summed E-state index contributed by atoms with van der Waals surface area (Å²) in [5.74, 6) is -0.271. The molecule has 1 N–H and O–H groups in total. The molecule has 1 saturated heterocycles. The molecule has 0 unspecified atom stereocenters. The van der Waals surface area contributed by atoms with Gasteiger partial charge < -0.3 is 14.8 Å². The molecule has 0 radical (unpaired) electrons. The number of aryl methyl sites for hydroxylation is 3. The van der Waals surface area contributed by atoms with Crippen molar-refractivity contribution in [2.45, 2.75) is 39.8 Å². The van der Waals surface area contributed by atoms with E-state index < -0.39 is 0 Å². The quantitative estimate of drug-likeness (QED) is 0.349. The Labute approximate surface area is 205 Å². The van der Waals surface area contributed by atoms with E-state index in [-0.39, 0.29) is 17.9 Å². The van der Waals surface area contributed by atoms with E-state index in [1.807, 2.05) is 18.2 Å². The van der Waals surface area contributed by atoms with Crippen LogP contribution < -0.4 is 10.2 Å². The summed E-state index contributed by atoms with van der Waals surface area (Å²) in [6.45, 7) is 8.53. The highest BCUT2D eigenvalue weighted by Crippen LogP contribution is 2.43. The Morgan fingerprint density at radius 2 is 1.59 bits per heavy atom. The number of aromatic nitrogens is 2. The van der Waals surface area contributed by atoms with Gasteiger partial charge >= 0.3 is 0 Å². The summed E-state index contributed by atoms with van der Waals surface area (Å²) in [5.41, 5.74) is 8.81. The fourth-order valence-electron chi connectivity index (χ4n) is 5.11. The zero-order valence-electron chi connectivity index (χ0n) is 19.7. The first-order chi connectivity index (χ1) is 16.3. The lowest BCUT2D eigenvalue weighted by Gasteiger charge is -2.28. The molecule has 172 valence electrons. The van der Waals surface area contributed by atoms with E-state index in [0.717, 1.165) is 34.0 Å². The van der Waals surface area contributed by atoms with Crippen LogP contribution in [0.4, 0.5) is 10.1 Å². The average Bonchev–Trinajstić information content (AvgIpc) is 3.29. The van der Waals surface area contributed by atoms with Crippen LogP contribution in [0, 0.1) is 33.5 Å². The molecule has 0 bridgehead atoms. The largest absolute Gasteiger partial charge is 0.351 e. The Hall–Kier alpha value is -3.51. The monoisotopic (exact) mass is 470 g/mol. The first-order valence-corrected chi connectivity index (χ1v) is 11.8. The molecule has 0 spiro atoms. The summed E-state index contributed by atoms with van der Waals surface area (Å²) in [5, 5.41) is 4.09. The van der Waals surface area contributed by atoms with Crippen LogP contribution in [0.3, 0.4) is 0 Å². The Bertz CT molecular complexity index is 1340. The molecule has 0 saturated carbocycles. The van der Waals surface area contributed by atoms with Gasteiger partial charge in [-0.25, -0.2) is 4.39 Å². The van der Waals surface area contributed by atoms with Gasteiger partial charge in [0, 0.05) is 29.0 Å². The molecule has 3 heterocycles. The summed E-state index contributed by atoms with van der Waals surface area (Å²) in [6, 6.07) is 21.0. The molecular weight excluding hydrogens is 443 g/mol. The zero-order chi connectivity index (χ0) is 24.0. The Morgan fingerprint density at radius 1 is 0.882 bits per heavy atom. The molecule has 0 aliphatic carbocycles. The van der Waals surface area contributed by atoms with Gasteiger partial charge in [0.15, 0.2) is 5.11 Å². The Morgan fingerprint density at radius 3 is 2.24 bits per heavy atom. The van der Waals surface area contributed by atoms with Crippen molar-refractivity contribution in [3.63, 3.8) is 0 Å². The third kappa shape index (κ3) is 3.88. The molecule has 2 atom stereocenters. The van der Waals surface area contributed by atoms with Crippen molar-refractivity contribution < 1.29 is 4.39 Å². The van der Waals surface area contributed by atoms with Crippen LogP contribution in [0.2, 0.25) is 0 Å². The number of pyridine rings is 1. The molecule has 0 amide bonds. The summed E-state index contributed by atoms with van der Waals surface area (Å²) < 4.78 is 16.0. The van der Waals surface area contributed by atoms with Crippen LogP contribution in [0.1, 0.15) is 45.9 Å². The molecule has 6 heteroatoms. The van der Waals surface area contributed by atoms with Crippen molar-refractivity contribution in [1.82, 2.24) is 14.9 Å². The normalized spacial score (nSPS) is 17.8. The number of nitrogens with zero attached hydrogens (tertiary/aromatic N) is 3. The second-order valence-corrected chi connectivity index (χ2v) is 9.37. The van der Waals surface area contributed by atoms with E-state index in [1.165, 1.54) is 23.3 Å². The van der Waals surface area contributed by atoms with Crippen molar-refractivity contribution in [1.29, 1.82) is 0 Å². The first-order valence-electron chi connectivity index (χ1n) is 11.4. The fourth-order valence-corrected chi connectivity index (χ4v) is 5.46. The van der Waals surface area contributed by atoms with Crippen molar-refractivity contribution in [3.05, 3.63) is 113 Å². The maximum Gasteiger partial charge on any atom is 0.174 e. The number of rotatable bonds is 4. The summed E-state index contributed by atoms with van der Waals surface area (Å²) in [6.07, 6.45) is 1.80. The second kappa shape index (κ2) is 8.69. The number of hydrogen-bond donors (Lipinski definition) is 1.